The molecule has 1 N–H and O–H groups in total. The summed E-state index contributed by atoms with van der Waals surface area (Å²) < 4.78 is 1.06. The first kappa shape index (κ1) is 9.49. The Morgan fingerprint density at radius 3 is 2.92 bits per heavy atom. The Kier molecular flexibility index (Phi) is 3.50. The third kappa shape index (κ3) is 2.47. The SMILES string of the molecule is C/C(=C\CO)c1cccc(Br)c1. The molecule has 0 fully saturated rings. The number of aliphatic hydroxyl groups excluding tert-OH is 1. The van der Waals surface area contributed by atoms with Gasteiger partial charge < -0.3 is 5.11 Å². The predicted octanol–water partition coefficient (Wildman–Crippen LogP) is 2.84. The lowest BCUT2D eigenvalue weighted by Crippen LogP contribution is -1.81. The topological polar surface area (TPSA) is 20.2 Å². The molecule has 0 atom stereocenters. The van der Waals surface area contributed by atoms with Crippen molar-refractivity contribution < 1.29 is 5.11 Å². The second-order valence-corrected chi connectivity index (χ2v) is 3.50. The lowest BCUT2D eigenvalue weighted by atomic mass is 10.1. The van der Waals surface area contributed by atoms with Crippen LogP contribution in [0.5, 0.6) is 0 Å². The molecule has 0 aliphatic heterocycles. The van der Waals surface area contributed by atoms with Crippen LogP contribution in [0.25, 0.3) is 5.57 Å². The van der Waals surface area contributed by atoms with Crippen molar-refractivity contribution in [3.05, 3.63) is 40.4 Å². The van der Waals surface area contributed by atoms with Crippen molar-refractivity contribution in [1.29, 1.82) is 0 Å². The third-order valence-electron chi connectivity index (χ3n) is 1.68. The van der Waals surface area contributed by atoms with E-state index < -0.39 is 0 Å². The van der Waals surface area contributed by atoms with Gasteiger partial charge in [0.05, 0.1) is 6.61 Å². The molecule has 0 saturated carbocycles. The van der Waals surface area contributed by atoms with Crippen molar-refractivity contribution in [1.82, 2.24) is 0 Å². The highest BCUT2D eigenvalue weighted by Crippen LogP contribution is 2.18. The maximum absolute atomic E-state index is 8.68. The summed E-state index contributed by atoms with van der Waals surface area (Å²) in [7, 11) is 0. The first-order valence-corrected chi connectivity index (χ1v) is 4.57. The number of hydrogen-bond donors (Lipinski definition) is 1. The Labute approximate surface area is 80.9 Å². The van der Waals surface area contributed by atoms with Gasteiger partial charge in [-0.3, -0.25) is 0 Å². The fourth-order valence-corrected chi connectivity index (χ4v) is 1.39. The molecule has 0 aromatic heterocycles. The number of benzene rings is 1. The Hall–Kier alpha value is -0.600. The maximum Gasteiger partial charge on any atom is 0.0618 e. The van der Waals surface area contributed by atoms with E-state index in [2.05, 4.69) is 15.9 Å². The molecule has 0 bridgehead atoms. The van der Waals surface area contributed by atoms with Crippen molar-refractivity contribution in [2.75, 3.05) is 6.61 Å². The van der Waals surface area contributed by atoms with Crippen LogP contribution in [0.2, 0.25) is 0 Å². The Balaban J connectivity index is 2.95. The van der Waals surface area contributed by atoms with Gasteiger partial charge in [0.2, 0.25) is 0 Å². The van der Waals surface area contributed by atoms with Gasteiger partial charge in [-0.15, -0.1) is 0 Å². The van der Waals surface area contributed by atoms with Gasteiger partial charge in [-0.05, 0) is 30.2 Å². The first-order chi connectivity index (χ1) is 5.74. The van der Waals surface area contributed by atoms with E-state index in [-0.39, 0.29) is 6.61 Å². The average molecular weight is 227 g/mol. The zero-order valence-corrected chi connectivity index (χ0v) is 8.51. The summed E-state index contributed by atoms with van der Waals surface area (Å²) in [5.74, 6) is 0. The zero-order chi connectivity index (χ0) is 8.97. The van der Waals surface area contributed by atoms with Crippen LogP contribution in [0.15, 0.2) is 34.8 Å². The molecule has 64 valence electrons. The average Bonchev–Trinajstić information content (AvgIpc) is 2.05. The Bertz CT molecular complexity index is 292. The van der Waals surface area contributed by atoms with Crippen molar-refractivity contribution in [2.45, 2.75) is 6.92 Å². The van der Waals surface area contributed by atoms with E-state index in [0.717, 1.165) is 15.6 Å². The smallest absolute Gasteiger partial charge is 0.0618 e. The molecule has 0 aliphatic carbocycles. The summed E-state index contributed by atoms with van der Waals surface area (Å²) in [6.07, 6.45) is 1.79. The van der Waals surface area contributed by atoms with Gasteiger partial charge in [0.25, 0.3) is 0 Å². The highest BCUT2D eigenvalue weighted by atomic mass is 79.9. The van der Waals surface area contributed by atoms with Gasteiger partial charge in [-0.2, -0.15) is 0 Å². The van der Waals surface area contributed by atoms with Crippen LogP contribution in [-0.4, -0.2) is 11.7 Å². The van der Waals surface area contributed by atoms with E-state index in [1.807, 2.05) is 31.2 Å². The molecule has 0 saturated heterocycles. The molecule has 1 aromatic rings. The van der Waals surface area contributed by atoms with Gasteiger partial charge in [0.15, 0.2) is 0 Å². The number of aliphatic hydroxyl groups is 1. The standard InChI is InChI=1S/C10H11BrO/c1-8(5-6-12)9-3-2-4-10(11)7-9/h2-5,7,12H,6H2,1H3/b8-5+. The molecule has 0 heterocycles. The van der Waals surface area contributed by atoms with E-state index in [4.69, 9.17) is 5.11 Å². The van der Waals surface area contributed by atoms with Crippen LogP contribution in [0.4, 0.5) is 0 Å². The molecule has 0 radical (unpaired) electrons. The highest BCUT2D eigenvalue weighted by molar-refractivity contribution is 9.10. The summed E-state index contributed by atoms with van der Waals surface area (Å²) in [6, 6.07) is 8.01. The minimum absolute atomic E-state index is 0.0956. The van der Waals surface area contributed by atoms with Crippen LogP contribution in [0, 0.1) is 0 Å². The summed E-state index contributed by atoms with van der Waals surface area (Å²) in [6.45, 7) is 2.08. The maximum atomic E-state index is 8.68. The van der Waals surface area contributed by atoms with E-state index >= 15 is 0 Å². The second-order valence-electron chi connectivity index (χ2n) is 2.58. The van der Waals surface area contributed by atoms with Gasteiger partial charge in [0, 0.05) is 4.47 Å². The molecule has 2 heteroatoms. The van der Waals surface area contributed by atoms with E-state index in [1.165, 1.54) is 0 Å². The zero-order valence-electron chi connectivity index (χ0n) is 6.92. The van der Waals surface area contributed by atoms with Crippen molar-refractivity contribution >= 4 is 21.5 Å². The largest absolute Gasteiger partial charge is 0.392 e. The second kappa shape index (κ2) is 4.43. The van der Waals surface area contributed by atoms with Crippen LogP contribution >= 0.6 is 15.9 Å². The van der Waals surface area contributed by atoms with E-state index in [0.29, 0.717) is 0 Å². The molecule has 1 rings (SSSR count). The predicted molar refractivity (Wildman–Crippen MR) is 54.9 cm³/mol. The van der Waals surface area contributed by atoms with Gasteiger partial charge >= 0.3 is 0 Å². The summed E-state index contributed by atoms with van der Waals surface area (Å²) in [5, 5.41) is 8.68. The van der Waals surface area contributed by atoms with Gasteiger partial charge in [-0.25, -0.2) is 0 Å². The molecular weight excluding hydrogens is 216 g/mol. The molecule has 1 aromatic carbocycles. The molecule has 12 heavy (non-hydrogen) atoms. The van der Waals surface area contributed by atoms with E-state index in [9.17, 15) is 0 Å². The van der Waals surface area contributed by atoms with Crippen molar-refractivity contribution in [3.8, 4) is 0 Å². The summed E-state index contributed by atoms with van der Waals surface area (Å²) in [5.41, 5.74) is 2.23. The Morgan fingerprint density at radius 1 is 1.58 bits per heavy atom. The Morgan fingerprint density at radius 2 is 2.33 bits per heavy atom. The van der Waals surface area contributed by atoms with Crippen molar-refractivity contribution in [3.63, 3.8) is 0 Å². The first-order valence-electron chi connectivity index (χ1n) is 3.77. The summed E-state index contributed by atoms with van der Waals surface area (Å²) >= 11 is 3.39. The minimum atomic E-state index is 0.0956. The van der Waals surface area contributed by atoms with Crippen molar-refractivity contribution in [2.24, 2.45) is 0 Å². The minimum Gasteiger partial charge on any atom is -0.392 e. The lowest BCUT2D eigenvalue weighted by molar-refractivity contribution is 0.343. The van der Waals surface area contributed by atoms with E-state index in [1.54, 1.807) is 6.08 Å². The van der Waals surface area contributed by atoms with Crippen LogP contribution in [0.1, 0.15) is 12.5 Å². The fraction of sp³-hybridized carbons (Fsp3) is 0.200. The number of rotatable bonds is 2. The molecule has 0 amide bonds. The number of halogens is 1. The van der Waals surface area contributed by atoms with Gasteiger partial charge in [0.1, 0.15) is 0 Å². The van der Waals surface area contributed by atoms with Gasteiger partial charge in [-0.1, -0.05) is 34.1 Å². The normalized spacial score (nSPS) is 11.8. The summed E-state index contributed by atoms with van der Waals surface area (Å²) in [4.78, 5) is 0. The lowest BCUT2D eigenvalue weighted by Gasteiger charge is -2.00. The fourth-order valence-electron chi connectivity index (χ4n) is 0.989. The van der Waals surface area contributed by atoms with Crippen LogP contribution < -0.4 is 0 Å². The monoisotopic (exact) mass is 226 g/mol. The quantitative estimate of drug-likeness (QED) is 0.823. The number of hydrogen-bond acceptors (Lipinski definition) is 1. The third-order valence-corrected chi connectivity index (χ3v) is 2.17. The highest BCUT2D eigenvalue weighted by Gasteiger charge is 1.94. The molecular formula is C10H11BrO. The molecule has 0 unspecified atom stereocenters. The van der Waals surface area contributed by atoms with Crippen LogP contribution in [0.3, 0.4) is 0 Å². The molecule has 1 nitrogen and oxygen atoms in total. The molecule has 0 spiro atoms. The molecule has 0 aliphatic rings. The number of allylic oxidation sites excluding steroid dienone is 1. The van der Waals surface area contributed by atoms with Crippen LogP contribution in [-0.2, 0) is 0 Å².